The molecule has 1 amide bonds. The van der Waals surface area contributed by atoms with Gasteiger partial charge in [0.15, 0.2) is 0 Å². The first-order chi connectivity index (χ1) is 11.3. The molecule has 1 aromatic carbocycles. The molecule has 1 saturated heterocycles. The van der Waals surface area contributed by atoms with Crippen LogP contribution in [-0.2, 0) is 14.6 Å². The van der Waals surface area contributed by atoms with E-state index in [1.807, 2.05) is 30.3 Å². The summed E-state index contributed by atoms with van der Waals surface area (Å²) in [6.07, 6.45) is 0.331. The molecule has 3 rings (SSSR count). The van der Waals surface area contributed by atoms with Crippen molar-refractivity contribution in [3.63, 3.8) is 0 Å². The minimum absolute atomic E-state index is 0.0198. The smallest absolute Gasteiger partial charge is 0.223 e. The molecule has 1 aromatic rings. The molecule has 2 N–H and O–H groups in total. The van der Waals surface area contributed by atoms with Crippen molar-refractivity contribution in [3.8, 4) is 0 Å². The standard InChI is InChI=1S/C17H23NO5S/c1-24(22,23)8-7-15(21)18-9-14(20)17(11-18)13(10-19)16(17)12-5-3-2-4-6-12/h2-6,13-14,16,19-20H,7-11H2,1H3/t13-,14-,16-,17-/m1/s1. The van der Waals surface area contributed by atoms with Crippen molar-refractivity contribution in [2.24, 2.45) is 11.3 Å². The molecule has 0 unspecified atom stereocenters. The van der Waals surface area contributed by atoms with E-state index in [9.17, 15) is 23.4 Å². The van der Waals surface area contributed by atoms with E-state index in [-0.39, 0.29) is 43.1 Å². The van der Waals surface area contributed by atoms with Crippen LogP contribution in [0, 0.1) is 11.3 Å². The zero-order chi connectivity index (χ0) is 17.5. The fourth-order valence-corrected chi connectivity index (χ4v) is 4.73. The van der Waals surface area contributed by atoms with Gasteiger partial charge < -0.3 is 15.1 Å². The summed E-state index contributed by atoms with van der Waals surface area (Å²) in [7, 11) is -3.19. The summed E-state index contributed by atoms with van der Waals surface area (Å²) in [5.74, 6) is -0.502. The third-order valence-corrected chi connectivity index (χ3v) is 6.38. The van der Waals surface area contributed by atoms with Crippen molar-refractivity contribution in [3.05, 3.63) is 35.9 Å². The lowest BCUT2D eigenvalue weighted by Crippen LogP contribution is -2.31. The Labute approximate surface area is 142 Å². The summed E-state index contributed by atoms with van der Waals surface area (Å²) in [6, 6.07) is 9.71. The monoisotopic (exact) mass is 353 g/mol. The molecule has 7 heteroatoms. The molecule has 0 aromatic heterocycles. The Balaban J connectivity index is 1.74. The highest BCUT2D eigenvalue weighted by Gasteiger charge is 2.71. The average Bonchev–Trinajstić information content (AvgIpc) is 3.07. The number of hydrogen-bond acceptors (Lipinski definition) is 5. The molecule has 2 aliphatic rings. The van der Waals surface area contributed by atoms with Gasteiger partial charge in [0.05, 0.1) is 11.9 Å². The van der Waals surface area contributed by atoms with Crippen LogP contribution in [-0.4, -0.2) is 67.2 Å². The first-order valence-electron chi connectivity index (χ1n) is 8.09. The van der Waals surface area contributed by atoms with Crippen molar-refractivity contribution >= 4 is 15.7 Å². The quantitative estimate of drug-likeness (QED) is 0.778. The largest absolute Gasteiger partial charge is 0.396 e. The van der Waals surface area contributed by atoms with E-state index in [1.165, 1.54) is 0 Å². The number of nitrogens with zero attached hydrogens (tertiary/aromatic N) is 1. The lowest BCUT2D eigenvalue weighted by Gasteiger charge is -2.16. The Morgan fingerprint density at radius 1 is 1.33 bits per heavy atom. The minimum Gasteiger partial charge on any atom is -0.396 e. The summed E-state index contributed by atoms with van der Waals surface area (Å²) in [6.45, 7) is 0.520. The van der Waals surface area contributed by atoms with Crippen LogP contribution in [0.2, 0.25) is 0 Å². The molecule has 1 aliphatic heterocycles. The maximum absolute atomic E-state index is 12.3. The van der Waals surface area contributed by atoms with E-state index in [0.29, 0.717) is 6.54 Å². The third kappa shape index (κ3) is 2.96. The number of β-amino-alcohol motifs (C(OH)–C–C–N with tert-alkyl or cyclic N) is 1. The molecule has 1 heterocycles. The molecule has 4 atom stereocenters. The van der Waals surface area contributed by atoms with Gasteiger partial charge in [0.25, 0.3) is 0 Å². The van der Waals surface area contributed by atoms with Gasteiger partial charge >= 0.3 is 0 Å². The summed E-state index contributed by atoms with van der Waals surface area (Å²) in [4.78, 5) is 13.8. The van der Waals surface area contributed by atoms with Gasteiger partial charge in [-0.25, -0.2) is 8.42 Å². The SMILES string of the molecule is CS(=O)(=O)CCC(=O)N1C[C@@H](O)[C@@]2(C1)[C@H](CO)[C@H]2c1ccccc1. The van der Waals surface area contributed by atoms with Crippen molar-refractivity contribution < 1.29 is 23.4 Å². The van der Waals surface area contributed by atoms with Gasteiger partial charge in [-0.2, -0.15) is 0 Å². The van der Waals surface area contributed by atoms with E-state index in [1.54, 1.807) is 4.90 Å². The van der Waals surface area contributed by atoms with Gasteiger partial charge in [0.1, 0.15) is 9.84 Å². The second-order valence-corrected chi connectivity index (χ2v) is 9.22. The molecule has 1 spiro atoms. The second-order valence-electron chi connectivity index (χ2n) is 6.96. The first-order valence-corrected chi connectivity index (χ1v) is 10.1. The molecule has 24 heavy (non-hydrogen) atoms. The molecule has 132 valence electrons. The van der Waals surface area contributed by atoms with Crippen LogP contribution in [0.5, 0.6) is 0 Å². The number of hydrogen-bond donors (Lipinski definition) is 2. The van der Waals surface area contributed by atoms with Gasteiger partial charge in [-0.15, -0.1) is 0 Å². The molecular weight excluding hydrogens is 330 g/mol. The van der Waals surface area contributed by atoms with Crippen molar-refractivity contribution in [1.29, 1.82) is 0 Å². The Hall–Kier alpha value is -1.44. The number of carbonyl (C=O) groups excluding carboxylic acids is 1. The number of amides is 1. The highest BCUT2D eigenvalue weighted by Crippen LogP contribution is 2.68. The molecule has 6 nitrogen and oxygen atoms in total. The van der Waals surface area contributed by atoms with Gasteiger partial charge in [0.2, 0.25) is 5.91 Å². The predicted octanol–water partition coefficient (Wildman–Crippen LogP) is 0.0165. The zero-order valence-corrected chi connectivity index (χ0v) is 14.4. The number of rotatable bonds is 5. The normalized spacial score (nSPS) is 32.3. The fraction of sp³-hybridized carbons (Fsp3) is 0.588. The van der Waals surface area contributed by atoms with E-state index in [4.69, 9.17) is 0 Å². The second kappa shape index (κ2) is 6.13. The van der Waals surface area contributed by atoms with E-state index in [0.717, 1.165) is 11.8 Å². The number of aliphatic hydroxyl groups is 2. The average molecular weight is 353 g/mol. The molecule has 0 bridgehead atoms. The first kappa shape index (κ1) is 17.4. The number of likely N-dealkylation sites (tertiary alicyclic amines) is 1. The summed E-state index contributed by atoms with van der Waals surface area (Å²) < 4.78 is 22.5. The highest BCUT2D eigenvalue weighted by molar-refractivity contribution is 7.90. The Kier molecular flexibility index (Phi) is 4.44. The van der Waals surface area contributed by atoms with Crippen LogP contribution in [0.25, 0.3) is 0 Å². The van der Waals surface area contributed by atoms with Crippen molar-refractivity contribution in [2.75, 3.05) is 31.7 Å². The van der Waals surface area contributed by atoms with Crippen molar-refractivity contribution in [2.45, 2.75) is 18.4 Å². The summed E-state index contributed by atoms with van der Waals surface area (Å²) in [5, 5.41) is 20.3. The molecule has 2 fully saturated rings. The minimum atomic E-state index is -3.19. The Morgan fingerprint density at radius 3 is 2.58 bits per heavy atom. The summed E-state index contributed by atoms with van der Waals surface area (Å²) >= 11 is 0. The lowest BCUT2D eigenvalue weighted by atomic mass is 9.95. The maximum Gasteiger partial charge on any atom is 0.223 e. The van der Waals surface area contributed by atoms with Crippen LogP contribution in [0.3, 0.4) is 0 Å². The summed E-state index contributed by atoms with van der Waals surface area (Å²) in [5.41, 5.74) is 0.540. The van der Waals surface area contributed by atoms with E-state index < -0.39 is 21.4 Å². The van der Waals surface area contributed by atoms with Gasteiger partial charge in [-0.1, -0.05) is 30.3 Å². The lowest BCUT2D eigenvalue weighted by molar-refractivity contribution is -0.130. The molecule has 1 aliphatic carbocycles. The molecule has 0 radical (unpaired) electrons. The van der Waals surface area contributed by atoms with E-state index >= 15 is 0 Å². The molecule has 1 saturated carbocycles. The number of aliphatic hydroxyl groups excluding tert-OH is 2. The zero-order valence-electron chi connectivity index (χ0n) is 13.6. The number of sulfone groups is 1. The molecular formula is C17H23NO5S. The van der Waals surface area contributed by atoms with Crippen molar-refractivity contribution in [1.82, 2.24) is 4.90 Å². The maximum atomic E-state index is 12.3. The topological polar surface area (TPSA) is 94.9 Å². The van der Waals surface area contributed by atoms with Crippen LogP contribution in [0.15, 0.2) is 30.3 Å². The van der Waals surface area contributed by atoms with Crippen LogP contribution in [0.4, 0.5) is 0 Å². The predicted molar refractivity (Wildman–Crippen MR) is 89.1 cm³/mol. The Morgan fingerprint density at radius 2 is 2.00 bits per heavy atom. The van der Waals surface area contributed by atoms with Gasteiger partial charge in [0, 0.05) is 37.8 Å². The number of benzene rings is 1. The number of carbonyl (C=O) groups is 1. The fourth-order valence-electron chi connectivity index (χ4n) is 4.19. The highest BCUT2D eigenvalue weighted by atomic mass is 32.2. The van der Waals surface area contributed by atoms with Crippen LogP contribution in [0.1, 0.15) is 17.9 Å². The third-order valence-electron chi connectivity index (χ3n) is 5.44. The van der Waals surface area contributed by atoms with Crippen LogP contribution < -0.4 is 0 Å². The Bertz CT molecular complexity index is 720. The van der Waals surface area contributed by atoms with Gasteiger partial charge in [-0.05, 0) is 17.4 Å². The van der Waals surface area contributed by atoms with E-state index in [2.05, 4.69) is 0 Å². The van der Waals surface area contributed by atoms with Gasteiger partial charge in [-0.3, -0.25) is 4.79 Å². The van der Waals surface area contributed by atoms with Crippen LogP contribution >= 0.6 is 0 Å².